The van der Waals surface area contributed by atoms with Gasteiger partial charge in [-0.3, -0.25) is 0 Å². The minimum absolute atomic E-state index is 0.0139. The molecule has 6 heteroatoms. The molecule has 0 spiro atoms. The van der Waals surface area contributed by atoms with Gasteiger partial charge in [-0.15, -0.1) is 0 Å². The summed E-state index contributed by atoms with van der Waals surface area (Å²) in [6.45, 7) is 2.09. The third-order valence-corrected chi connectivity index (χ3v) is 4.11. The van der Waals surface area contributed by atoms with Crippen LogP contribution < -0.4 is 10.1 Å². The van der Waals surface area contributed by atoms with E-state index in [1.807, 2.05) is 0 Å². The average Bonchev–Trinajstić information content (AvgIpc) is 3.38. The molecule has 22 heavy (non-hydrogen) atoms. The number of rotatable bonds is 6. The number of ether oxygens (including phenoxy) is 3. The molecule has 0 radical (unpaired) electrons. The zero-order chi connectivity index (χ0) is 15.4. The first-order valence-electron chi connectivity index (χ1n) is 7.70. The molecule has 0 aromatic carbocycles. The van der Waals surface area contributed by atoms with Gasteiger partial charge >= 0.3 is 0 Å². The lowest BCUT2D eigenvalue weighted by molar-refractivity contribution is -0.0597. The summed E-state index contributed by atoms with van der Waals surface area (Å²) in [7, 11) is 1.52. The summed E-state index contributed by atoms with van der Waals surface area (Å²) in [5.41, 5.74) is 1.17. The van der Waals surface area contributed by atoms with E-state index >= 15 is 0 Å². The van der Waals surface area contributed by atoms with Crippen LogP contribution in [0.2, 0.25) is 0 Å². The van der Waals surface area contributed by atoms with Crippen molar-refractivity contribution in [1.82, 2.24) is 4.98 Å². The van der Waals surface area contributed by atoms with Crippen LogP contribution in [0.3, 0.4) is 0 Å². The number of nitrogens with one attached hydrogen (secondary N) is 1. The number of hydrogen-bond donors (Lipinski definition) is 1. The summed E-state index contributed by atoms with van der Waals surface area (Å²) in [5.74, 6) is 1.06. The van der Waals surface area contributed by atoms with Crippen LogP contribution in [0, 0.1) is 17.2 Å². The summed E-state index contributed by atoms with van der Waals surface area (Å²) < 4.78 is 16.7. The molecule has 1 aliphatic heterocycles. The Labute approximate surface area is 130 Å². The van der Waals surface area contributed by atoms with E-state index < -0.39 is 0 Å². The normalized spacial score (nSPS) is 24.5. The van der Waals surface area contributed by atoms with Crippen LogP contribution in [0.5, 0.6) is 5.88 Å². The number of methoxy groups -OCH3 is 1. The molecule has 1 saturated heterocycles. The molecule has 118 valence electrons. The van der Waals surface area contributed by atoms with Crippen molar-refractivity contribution in [3.63, 3.8) is 0 Å². The van der Waals surface area contributed by atoms with Gasteiger partial charge in [0.25, 0.3) is 0 Å². The maximum Gasteiger partial charge on any atom is 0.233 e. The fraction of sp³-hybridized carbons (Fsp3) is 0.625. The smallest absolute Gasteiger partial charge is 0.233 e. The maximum atomic E-state index is 9.34. The molecule has 1 aromatic rings. The van der Waals surface area contributed by atoms with Crippen LogP contribution in [0.25, 0.3) is 0 Å². The molecule has 1 aliphatic carbocycles. The Morgan fingerprint density at radius 1 is 1.45 bits per heavy atom. The number of anilines is 1. The van der Waals surface area contributed by atoms with Gasteiger partial charge in [0.05, 0.1) is 25.4 Å². The summed E-state index contributed by atoms with van der Waals surface area (Å²) in [6, 6.07) is 4.09. The maximum absolute atomic E-state index is 9.34. The molecule has 2 fully saturated rings. The molecule has 1 saturated carbocycles. The number of pyridine rings is 1. The molecule has 0 unspecified atom stereocenters. The molecule has 2 aliphatic rings. The molecule has 1 N–H and O–H groups in total. The van der Waals surface area contributed by atoms with Gasteiger partial charge in [0, 0.05) is 19.4 Å². The Bertz CT molecular complexity index is 554. The van der Waals surface area contributed by atoms with E-state index in [4.69, 9.17) is 14.2 Å². The van der Waals surface area contributed by atoms with Gasteiger partial charge in [0.15, 0.2) is 0 Å². The van der Waals surface area contributed by atoms with Crippen molar-refractivity contribution in [3.05, 3.63) is 17.8 Å². The predicted octanol–water partition coefficient (Wildman–Crippen LogP) is 1.96. The topological polar surface area (TPSA) is 76.4 Å². The van der Waals surface area contributed by atoms with Gasteiger partial charge < -0.3 is 19.5 Å². The van der Waals surface area contributed by atoms with Gasteiger partial charge in [0.1, 0.15) is 17.7 Å². The van der Waals surface area contributed by atoms with E-state index in [0.29, 0.717) is 24.7 Å². The van der Waals surface area contributed by atoms with Gasteiger partial charge in [-0.05, 0) is 31.2 Å². The molecular weight excluding hydrogens is 282 g/mol. The Kier molecular flexibility index (Phi) is 4.76. The molecule has 6 nitrogen and oxygen atoms in total. The van der Waals surface area contributed by atoms with Crippen molar-refractivity contribution in [1.29, 1.82) is 5.26 Å². The molecule has 3 rings (SSSR count). The highest BCUT2D eigenvalue weighted by Gasteiger charge is 2.30. The minimum Gasteiger partial charge on any atom is -0.480 e. The number of nitrogens with zero attached hydrogens (tertiary/aromatic N) is 2. The lowest BCUT2D eigenvalue weighted by Gasteiger charge is -2.33. The zero-order valence-electron chi connectivity index (χ0n) is 12.7. The van der Waals surface area contributed by atoms with Crippen molar-refractivity contribution in [2.75, 3.05) is 32.2 Å². The van der Waals surface area contributed by atoms with Gasteiger partial charge in [-0.2, -0.15) is 5.26 Å². The van der Waals surface area contributed by atoms with Crippen molar-refractivity contribution in [2.45, 2.75) is 31.4 Å². The number of hydrogen-bond acceptors (Lipinski definition) is 6. The van der Waals surface area contributed by atoms with Gasteiger partial charge in [-0.25, -0.2) is 4.98 Å². The lowest BCUT2D eigenvalue weighted by Crippen LogP contribution is -2.44. The van der Waals surface area contributed by atoms with Gasteiger partial charge in [-0.1, -0.05) is 0 Å². The summed E-state index contributed by atoms with van der Waals surface area (Å²) in [5, 5.41) is 12.8. The first kappa shape index (κ1) is 15.1. The van der Waals surface area contributed by atoms with Crippen LogP contribution in [0.15, 0.2) is 12.3 Å². The highest BCUT2D eigenvalue weighted by Crippen LogP contribution is 2.30. The number of aromatic nitrogens is 1. The van der Waals surface area contributed by atoms with E-state index in [9.17, 15) is 5.26 Å². The number of nitriles is 1. The summed E-state index contributed by atoms with van der Waals surface area (Å²) >= 11 is 0. The average molecular weight is 303 g/mol. The van der Waals surface area contributed by atoms with Crippen LogP contribution >= 0.6 is 0 Å². The van der Waals surface area contributed by atoms with Crippen molar-refractivity contribution >= 4 is 5.69 Å². The highest BCUT2D eigenvalue weighted by molar-refractivity contribution is 5.61. The fourth-order valence-corrected chi connectivity index (χ4v) is 2.61. The highest BCUT2D eigenvalue weighted by atomic mass is 16.5. The lowest BCUT2D eigenvalue weighted by atomic mass is 10.0. The van der Waals surface area contributed by atoms with Crippen LogP contribution in [-0.4, -0.2) is 44.1 Å². The monoisotopic (exact) mass is 303 g/mol. The summed E-state index contributed by atoms with van der Waals surface area (Å²) in [4.78, 5) is 4.07. The standard InChI is InChI=1S/C16H21N3O3/c1-20-16-12(8-17)13(4-6-18-16)19-14-5-7-21-10-15(14)22-9-11-2-3-11/h4,6,11,14-15H,2-3,5,7,9-10H2,1H3,(H,18,19)/t14-,15-/m0/s1. The van der Waals surface area contributed by atoms with Gasteiger partial charge in [0.2, 0.25) is 5.88 Å². The van der Waals surface area contributed by atoms with Crippen LogP contribution in [0.1, 0.15) is 24.8 Å². The Morgan fingerprint density at radius 2 is 2.32 bits per heavy atom. The van der Waals surface area contributed by atoms with E-state index in [-0.39, 0.29) is 12.1 Å². The third-order valence-electron chi connectivity index (χ3n) is 4.11. The quantitative estimate of drug-likeness (QED) is 0.865. The van der Waals surface area contributed by atoms with Crippen molar-refractivity contribution in [3.8, 4) is 11.9 Å². The first-order chi connectivity index (χ1) is 10.8. The predicted molar refractivity (Wildman–Crippen MR) is 80.8 cm³/mol. The van der Waals surface area contributed by atoms with Crippen molar-refractivity contribution in [2.24, 2.45) is 5.92 Å². The van der Waals surface area contributed by atoms with E-state index in [1.165, 1.54) is 20.0 Å². The molecule has 2 heterocycles. The zero-order valence-corrected chi connectivity index (χ0v) is 12.7. The molecule has 2 atom stereocenters. The second kappa shape index (κ2) is 6.95. The SMILES string of the molecule is COc1nccc(N[C@H]2CCOC[C@@H]2OCC2CC2)c1C#N. The Hall–Kier alpha value is -1.84. The fourth-order valence-electron chi connectivity index (χ4n) is 2.61. The van der Waals surface area contributed by atoms with Crippen LogP contribution in [-0.2, 0) is 9.47 Å². The van der Waals surface area contributed by atoms with E-state index in [0.717, 1.165) is 24.6 Å². The van der Waals surface area contributed by atoms with Crippen LogP contribution in [0.4, 0.5) is 5.69 Å². The molecular formula is C16H21N3O3. The Balaban J connectivity index is 1.70. The van der Waals surface area contributed by atoms with Crippen molar-refractivity contribution < 1.29 is 14.2 Å². The van der Waals surface area contributed by atoms with E-state index in [2.05, 4.69) is 16.4 Å². The molecule has 1 aromatic heterocycles. The third kappa shape index (κ3) is 3.49. The minimum atomic E-state index is 0.0139. The first-order valence-corrected chi connectivity index (χ1v) is 7.70. The second-order valence-electron chi connectivity index (χ2n) is 5.78. The Morgan fingerprint density at radius 3 is 3.05 bits per heavy atom. The molecule has 0 amide bonds. The summed E-state index contributed by atoms with van der Waals surface area (Å²) in [6.07, 6.45) is 5.05. The van der Waals surface area contributed by atoms with E-state index in [1.54, 1.807) is 12.3 Å². The largest absolute Gasteiger partial charge is 0.480 e. The second-order valence-corrected chi connectivity index (χ2v) is 5.78. The molecule has 0 bridgehead atoms.